The van der Waals surface area contributed by atoms with Crippen LogP contribution in [0.3, 0.4) is 0 Å². The highest BCUT2D eigenvalue weighted by molar-refractivity contribution is 14.1. The van der Waals surface area contributed by atoms with Gasteiger partial charge in [-0.1, -0.05) is 19.8 Å². The van der Waals surface area contributed by atoms with E-state index in [-0.39, 0.29) is 0 Å². The standard InChI is InChI=1S/C13H18IN3/c1-4-5-6-7-11-8-9(2)16-17-12(14)10(3)15-13(11)17/h8H,4-7H2,1-3H3. The fraction of sp³-hybridized carbons (Fsp3) is 0.538. The molecule has 4 heteroatoms. The summed E-state index contributed by atoms with van der Waals surface area (Å²) in [5.74, 6) is 0. The lowest BCUT2D eigenvalue weighted by Crippen LogP contribution is -2.01. The summed E-state index contributed by atoms with van der Waals surface area (Å²) >= 11 is 2.31. The van der Waals surface area contributed by atoms with E-state index in [1.165, 1.54) is 24.8 Å². The van der Waals surface area contributed by atoms with Gasteiger partial charge in [-0.25, -0.2) is 9.50 Å². The molecule has 3 nitrogen and oxygen atoms in total. The SMILES string of the molecule is CCCCCc1cc(C)nn2c(I)c(C)nc12. The Kier molecular flexibility index (Phi) is 4.01. The highest BCUT2D eigenvalue weighted by Crippen LogP contribution is 2.19. The van der Waals surface area contributed by atoms with Crippen molar-refractivity contribution in [1.82, 2.24) is 14.6 Å². The Morgan fingerprint density at radius 2 is 2.06 bits per heavy atom. The lowest BCUT2D eigenvalue weighted by atomic mass is 10.1. The first-order valence-electron chi connectivity index (χ1n) is 6.15. The summed E-state index contributed by atoms with van der Waals surface area (Å²) in [5, 5.41) is 4.53. The van der Waals surface area contributed by atoms with Crippen molar-refractivity contribution in [3.63, 3.8) is 0 Å². The molecule has 0 aromatic carbocycles. The van der Waals surface area contributed by atoms with E-state index in [0.717, 1.165) is 27.2 Å². The Balaban J connectivity index is 2.43. The molecule has 0 aliphatic carbocycles. The van der Waals surface area contributed by atoms with Gasteiger partial charge >= 0.3 is 0 Å². The Hall–Kier alpha value is -0.650. The van der Waals surface area contributed by atoms with E-state index >= 15 is 0 Å². The van der Waals surface area contributed by atoms with Crippen molar-refractivity contribution in [1.29, 1.82) is 0 Å². The molecule has 0 amide bonds. The van der Waals surface area contributed by atoms with E-state index in [0.29, 0.717) is 0 Å². The van der Waals surface area contributed by atoms with Crippen molar-refractivity contribution in [2.75, 3.05) is 0 Å². The first-order valence-corrected chi connectivity index (χ1v) is 7.22. The van der Waals surface area contributed by atoms with E-state index in [1.807, 2.05) is 18.4 Å². The van der Waals surface area contributed by atoms with Crippen LogP contribution >= 0.6 is 22.6 Å². The summed E-state index contributed by atoms with van der Waals surface area (Å²) in [7, 11) is 0. The minimum Gasteiger partial charge on any atom is -0.231 e. The smallest absolute Gasteiger partial charge is 0.158 e. The number of aromatic nitrogens is 3. The fourth-order valence-electron chi connectivity index (χ4n) is 2.05. The lowest BCUT2D eigenvalue weighted by Gasteiger charge is -2.05. The first kappa shape index (κ1) is 12.8. The predicted molar refractivity (Wildman–Crippen MR) is 78.4 cm³/mol. The van der Waals surface area contributed by atoms with Crippen LogP contribution in [0.25, 0.3) is 5.65 Å². The number of hydrogen-bond donors (Lipinski definition) is 0. The van der Waals surface area contributed by atoms with Gasteiger partial charge in [0.25, 0.3) is 0 Å². The first-order chi connectivity index (χ1) is 8.13. The van der Waals surface area contributed by atoms with Crippen molar-refractivity contribution in [3.8, 4) is 0 Å². The fourth-order valence-corrected chi connectivity index (χ4v) is 2.51. The van der Waals surface area contributed by atoms with Crippen LogP contribution in [0.2, 0.25) is 0 Å². The molecule has 0 unspecified atom stereocenters. The maximum atomic E-state index is 4.63. The maximum Gasteiger partial charge on any atom is 0.158 e. The minimum absolute atomic E-state index is 1.04. The number of hydrogen-bond acceptors (Lipinski definition) is 2. The van der Waals surface area contributed by atoms with Crippen LogP contribution in [-0.4, -0.2) is 14.6 Å². The molecule has 0 saturated heterocycles. The topological polar surface area (TPSA) is 30.2 Å². The number of nitrogens with zero attached hydrogens (tertiary/aromatic N) is 3. The van der Waals surface area contributed by atoms with Crippen molar-refractivity contribution >= 4 is 28.2 Å². The van der Waals surface area contributed by atoms with E-state index in [4.69, 9.17) is 0 Å². The number of unbranched alkanes of at least 4 members (excludes halogenated alkanes) is 2. The molecule has 0 spiro atoms. The molecule has 2 aromatic rings. The number of halogens is 1. The van der Waals surface area contributed by atoms with Crippen LogP contribution in [0.1, 0.15) is 43.1 Å². The second-order valence-corrected chi connectivity index (χ2v) is 5.51. The van der Waals surface area contributed by atoms with Crippen LogP contribution in [-0.2, 0) is 6.42 Å². The van der Waals surface area contributed by atoms with Gasteiger partial charge in [-0.05, 0) is 60.9 Å². The van der Waals surface area contributed by atoms with Gasteiger partial charge in [-0.2, -0.15) is 5.10 Å². The summed E-state index contributed by atoms with van der Waals surface area (Å²) in [6, 6.07) is 2.17. The van der Waals surface area contributed by atoms with Gasteiger partial charge in [0.15, 0.2) is 5.65 Å². The Morgan fingerprint density at radius 1 is 1.29 bits per heavy atom. The second-order valence-electron chi connectivity index (χ2n) is 4.49. The van der Waals surface area contributed by atoms with Crippen molar-refractivity contribution in [3.05, 3.63) is 26.7 Å². The Labute approximate surface area is 116 Å². The van der Waals surface area contributed by atoms with Crippen LogP contribution in [0, 0.1) is 17.5 Å². The largest absolute Gasteiger partial charge is 0.231 e. The summed E-state index contributed by atoms with van der Waals surface area (Å²) in [4.78, 5) is 4.63. The Morgan fingerprint density at radius 3 is 2.76 bits per heavy atom. The van der Waals surface area contributed by atoms with E-state index in [1.54, 1.807) is 0 Å². The predicted octanol–water partition coefficient (Wildman–Crippen LogP) is 3.68. The molecule has 0 atom stereocenters. The molecule has 17 heavy (non-hydrogen) atoms. The molecule has 92 valence electrons. The molecular weight excluding hydrogens is 325 g/mol. The second kappa shape index (κ2) is 5.33. The zero-order valence-corrected chi connectivity index (χ0v) is 12.8. The zero-order valence-electron chi connectivity index (χ0n) is 10.6. The lowest BCUT2D eigenvalue weighted by molar-refractivity contribution is 0.713. The third-order valence-corrected chi connectivity index (χ3v) is 4.17. The zero-order chi connectivity index (χ0) is 12.4. The molecule has 0 N–H and O–H groups in total. The molecular formula is C13H18IN3. The van der Waals surface area contributed by atoms with E-state index < -0.39 is 0 Å². The molecule has 0 aliphatic rings. The van der Waals surface area contributed by atoms with Crippen LogP contribution < -0.4 is 0 Å². The third-order valence-electron chi connectivity index (χ3n) is 2.94. The maximum absolute atomic E-state index is 4.63. The van der Waals surface area contributed by atoms with Gasteiger partial charge in [0, 0.05) is 0 Å². The van der Waals surface area contributed by atoms with Crippen molar-refractivity contribution < 1.29 is 0 Å². The average Bonchev–Trinajstić information content (AvgIpc) is 2.57. The molecule has 2 heterocycles. The van der Waals surface area contributed by atoms with Gasteiger partial charge in [0.1, 0.15) is 3.70 Å². The quantitative estimate of drug-likeness (QED) is 0.626. The third kappa shape index (κ3) is 2.61. The number of fused-ring (bicyclic) bond motifs is 1. The van der Waals surface area contributed by atoms with Crippen LogP contribution in [0.15, 0.2) is 6.07 Å². The molecule has 2 rings (SSSR count). The van der Waals surface area contributed by atoms with Crippen LogP contribution in [0.4, 0.5) is 0 Å². The van der Waals surface area contributed by atoms with Crippen molar-refractivity contribution in [2.45, 2.75) is 46.5 Å². The minimum atomic E-state index is 1.04. The summed E-state index contributed by atoms with van der Waals surface area (Å²) < 4.78 is 3.10. The van der Waals surface area contributed by atoms with E-state index in [2.05, 4.69) is 45.7 Å². The molecule has 0 fully saturated rings. The van der Waals surface area contributed by atoms with Gasteiger partial charge in [0.2, 0.25) is 0 Å². The molecule has 0 radical (unpaired) electrons. The summed E-state index contributed by atoms with van der Waals surface area (Å²) in [5.41, 5.74) is 4.50. The van der Waals surface area contributed by atoms with Gasteiger partial charge in [-0.15, -0.1) is 0 Å². The van der Waals surface area contributed by atoms with E-state index in [9.17, 15) is 0 Å². The number of imidazole rings is 1. The van der Waals surface area contributed by atoms with Crippen molar-refractivity contribution in [2.24, 2.45) is 0 Å². The number of aryl methyl sites for hydroxylation is 3. The highest BCUT2D eigenvalue weighted by atomic mass is 127. The van der Waals surface area contributed by atoms with Gasteiger partial charge in [-0.3, -0.25) is 0 Å². The average molecular weight is 343 g/mol. The molecule has 2 aromatic heterocycles. The Bertz CT molecular complexity index is 531. The highest BCUT2D eigenvalue weighted by Gasteiger charge is 2.11. The molecule has 0 saturated carbocycles. The summed E-state index contributed by atoms with van der Waals surface area (Å²) in [6.45, 7) is 6.33. The van der Waals surface area contributed by atoms with Gasteiger partial charge in [0.05, 0.1) is 11.4 Å². The summed E-state index contributed by atoms with van der Waals surface area (Å²) in [6.07, 6.45) is 4.88. The normalized spacial score (nSPS) is 11.3. The van der Waals surface area contributed by atoms with Crippen LogP contribution in [0.5, 0.6) is 0 Å². The molecule has 0 bridgehead atoms. The molecule has 0 aliphatic heterocycles. The van der Waals surface area contributed by atoms with Gasteiger partial charge < -0.3 is 0 Å². The monoisotopic (exact) mass is 343 g/mol. The number of rotatable bonds is 4.